The van der Waals surface area contributed by atoms with Gasteiger partial charge in [-0.3, -0.25) is 4.90 Å². The molecule has 1 aliphatic rings. The van der Waals surface area contributed by atoms with Crippen LogP contribution >= 0.6 is 0 Å². The van der Waals surface area contributed by atoms with Crippen molar-refractivity contribution >= 4 is 0 Å². The molecule has 0 spiro atoms. The second-order valence-electron chi connectivity index (χ2n) is 3.83. The van der Waals surface area contributed by atoms with Crippen molar-refractivity contribution in [3.8, 4) is 0 Å². The summed E-state index contributed by atoms with van der Waals surface area (Å²) in [4.78, 5) is 2.22. The molecular formula is C11H15FN2. The molecule has 2 N–H and O–H groups in total. The van der Waals surface area contributed by atoms with Crippen molar-refractivity contribution in [2.24, 2.45) is 5.73 Å². The Balaban J connectivity index is 2.41. The average Bonchev–Trinajstić information content (AvgIpc) is 2.18. The molecule has 1 aromatic rings. The Morgan fingerprint density at radius 1 is 1.57 bits per heavy atom. The standard InChI is InChI=1S/C11H15FN2/c1-14-5-4-8-6-9(12)2-3-10(8)11(14)7-13/h2-3,6,11H,4-5,7,13H2,1H3. The van der Waals surface area contributed by atoms with Crippen LogP contribution in [0.25, 0.3) is 0 Å². The zero-order valence-electron chi connectivity index (χ0n) is 8.33. The van der Waals surface area contributed by atoms with Crippen molar-refractivity contribution in [1.29, 1.82) is 0 Å². The summed E-state index contributed by atoms with van der Waals surface area (Å²) in [5, 5.41) is 0. The van der Waals surface area contributed by atoms with Crippen LogP contribution < -0.4 is 5.73 Å². The van der Waals surface area contributed by atoms with Gasteiger partial charge in [-0.05, 0) is 36.7 Å². The van der Waals surface area contributed by atoms with Crippen molar-refractivity contribution < 1.29 is 4.39 Å². The maximum atomic E-state index is 13.0. The predicted octanol–water partition coefficient (Wildman–Crippen LogP) is 1.31. The summed E-state index contributed by atoms with van der Waals surface area (Å²) >= 11 is 0. The Bertz CT molecular complexity index is 338. The molecule has 2 rings (SSSR count). The number of hydrogen-bond donors (Lipinski definition) is 1. The highest BCUT2D eigenvalue weighted by molar-refractivity contribution is 5.33. The third kappa shape index (κ3) is 1.53. The number of nitrogens with zero attached hydrogens (tertiary/aromatic N) is 1. The first kappa shape index (κ1) is 9.62. The quantitative estimate of drug-likeness (QED) is 0.730. The maximum Gasteiger partial charge on any atom is 0.123 e. The smallest absolute Gasteiger partial charge is 0.123 e. The molecule has 0 saturated heterocycles. The molecule has 76 valence electrons. The second kappa shape index (κ2) is 3.67. The highest BCUT2D eigenvalue weighted by atomic mass is 19.1. The molecule has 3 heteroatoms. The van der Waals surface area contributed by atoms with Crippen molar-refractivity contribution in [3.63, 3.8) is 0 Å². The van der Waals surface area contributed by atoms with Crippen LogP contribution in [0.2, 0.25) is 0 Å². The second-order valence-corrected chi connectivity index (χ2v) is 3.83. The summed E-state index contributed by atoms with van der Waals surface area (Å²) < 4.78 is 13.0. The minimum Gasteiger partial charge on any atom is -0.329 e. The van der Waals surface area contributed by atoms with E-state index in [1.54, 1.807) is 6.07 Å². The van der Waals surface area contributed by atoms with Gasteiger partial charge in [-0.15, -0.1) is 0 Å². The molecule has 14 heavy (non-hydrogen) atoms. The molecular weight excluding hydrogens is 179 g/mol. The summed E-state index contributed by atoms with van der Waals surface area (Å²) in [5.74, 6) is -0.149. The Hall–Kier alpha value is -0.930. The Kier molecular flexibility index (Phi) is 2.52. The topological polar surface area (TPSA) is 29.3 Å². The lowest BCUT2D eigenvalue weighted by molar-refractivity contribution is 0.236. The lowest BCUT2D eigenvalue weighted by atomic mass is 9.93. The van der Waals surface area contributed by atoms with E-state index < -0.39 is 0 Å². The van der Waals surface area contributed by atoms with E-state index in [1.807, 2.05) is 6.07 Å². The Labute approximate surface area is 83.5 Å². The zero-order valence-corrected chi connectivity index (χ0v) is 8.33. The number of benzene rings is 1. The molecule has 0 bridgehead atoms. The lowest BCUT2D eigenvalue weighted by Gasteiger charge is -2.33. The number of nitrogens with two attached hydrogens (primary N) is 1. The summed E-state index contributed by atoms with van der Waals surface area (Å²) in [6.45, 7) is 1.55. The van der Waals surface area contributed by atoms with Gasteiger partial charge in [-0.25, -0.2) is 4.39 Å². The van der Waals surface area contributed by atoms with E-state index in [-0.39, 0.29) is 11.9 Å². The lowest BCUT2D eigenvalue weighted by Crippen LogP contribution is -2.36. The van der Waals surface area contributed by atoms with E-state index in [1.165, 1.54) is 11.6 Å². The van der Waals surface area contributed by atoms with Crippen LogP contribution in [-0.4, -0.2) is 25.0 Å². The van der Waals surface area contributed by atoms with E-state index >= 15 is 0 Å². The van der Waals surface area contributed by atoms with Gasteiger partial charge in [0.1, 0.15) is 5.82 Å². The molecule has 0 amide bonds. The number of halogens is 1. The van der Waals surface area contributed by atoms with Gasteiger partial charge < -0.3 is 5.73 Å². The van der Waals surface area contributed by atoms with Crippen LogP contribution in [0.15, 0.2) is 18.2 Å². The molecule has 0 radical (unpaired) electrons. The van der Waals surface area contributed by atoms with Crippen LogP contribution in [0.5, 0.6) is 0 Å². The maximum absolute atomic E-state index is 13.0. The first-order chi connectivity index (χ1) is 6.72. The zero-order chi connectivity index (χ0) is 10.1. The normalized spacial score (nSPS) is 22.1. The third-order valence-electron chi connectivity index (χ3n) is 2.95. The SMILES string of the molecule is CN1CCc2cc(F)ccc2C1CN. The fourth-order valence-corrected chi connectivity index (χ4v) is 2.11. The summed E-state index contributed by atoms with van der Waals surface area (Å²) in [6.07, 6.45) is 0.917. The van der Waals surface area contributed by atoms with Gasteiger partial charge in [-0.2, -0.15) is 0 Å². The summed E-state index contributed by atoms with van der Waals surface area (Å²) in [6, 6.07) is 5.25. The fourth-order valence-electron chi connectivity index (χ4n) is 2.11. The first-order valence-electron chi connectivity index (χ1n) is 4.91. The van der Waals surface area contributed by atoms with Crippen LogP contribution in [0, 0.1) is 5.82 Å². The van der Waals surface area contributed by atoms with Gasteiger partial charge in [0, 0.05) is 19.1 Å². The van der Waals surface area contributed by atoms with Crippen molar-refractivity contribution in [3.05, 3.63) is 35.1 Å². The molecule has 1 unspecified atom stereocenters. The number of hydrogen-bond acceptors (Lipinski definition) is 2. The summed E-state index contributed by atoms with van der Waals surface area (Å²) in [5.41, 5.74) is 8.00. The molecule has 0 aliphatic carbocycles. The first-order valence-corrected chi connectivity index (χ1v) is 4.91. The van der Waals surface area contributed by atoms with Crippen molar-refractivity contribution in [1.82, 2.24) is 4.90 Å². The molecule has 1 heterocycles. The molecule has 2 nitrogen and oxygen atoms in total. The van der Waals surface area contributed by atoms with E-state index in [9.17, 15) is 4.39 Å². The molecule has 1 aromatic carbocycles. The van der Waals surface area contributed by atoms with Crippen molar-refractivity contribution in [2.75, 3.05) is 20.1 Å². The largest absolute Gasteiger partial charge is 0.329 e. The minimum absolute atomic E-state index is 0.149. The monoisotopic (exact) mass is 194 g/mol. The molecule has 0 saturated carbocycles. The minimum atomic E-state index is -0.149. The predicted molar refractivity (Wildman–Crippen MR) is 54.5 cm³/mol. The number of rotatable bonds is 1. The van der Waals surface area contributed by atoms with E-state index in [4.69, 9.17) is 5.73 Å². The van der Waals surface area contributed by atoms with Crippen LogP contribution in [0.1, 0.15) is 17.2 Å². The Morgan fingerprint density at radius 2 is 2.36 bits per heavy atom. The molecule has 1 atom stereocenters. The third-order valence-corrected chi connectivity index (χ3v) is 2.95. The molecule has 0 fully saturated rings. The van der Waals surface area contributed by atoms with Gasteiger partial charge in [0.25, 0.3) is 0 Å². The fraction of sp³-hybridized carbons (Fsp3) is 0.455. The molecule has 1 aliphatic heterocycles. The Morgan fingerprint density at radius 3 is 3.07 bits per heavy atom. The van der Waals surface area contributed by atoms with Gasteiger partial charge in [-0.1, -0.05) is 6.07 Å². The van der Waals surface area contributed by atoms with Gasteiger partial charge in [0.05, 0.1) is 0 Å². The van der Waals surface area contributed by atoms with Gasteiger partial charge >= 0.3 is 0 Å². The number of fused-ring (bicyclic) bond motifs is 1. The van der Waals surface area contributed by atoms with Crippen LogP contribution in [0.3, 0.4) is 0 Å². The van der Waals surface area contributed by atoms with Crippen molar-refractivity contribution in [2.45, 2.75) is 12.5 Å². The van der Waals surface area contributed by atoms with Gasteiger partial charge in [0.2, 0.25) is 0 Å². The average molecular weight is 194 g/mol. The summed E-state index contributed by atoms with van der Waals surface area (Å²) in [7, 11) is 2.06. The number of likely N-dealkylation sites (N-methyl/N-ethyl adjacent to an activating group) is 1. The van der Waals surface area contributed by atoms with E-state index in [0.29, 0.717) is 6.54 Å². The highest BCUT2D eigenvalue weighted by Crippen LogP contribution is 2.27. The van der Waals surface area contributed by atoms with Crippen LogP contribution in [-0.2, 0) is 6.42 Å². The van der Waals surface area contributed by atoms with Crippen LogP contribution in [0.4, 0.5) is 4.39 Å². The highest BCUT2D eigenvalue weighted by Gasteiger charge is 2.23. The molecule has 0 aromatic heterocycles. The van der Waals surface area contributed by atoms with E-state index in [2.05, 4.69) is 11.9 Å². The van der Waals surface area contributed by atoms with Gasteiger partial charge in [0.15, 0.2) is 0 Å². The van der Waals surface area contributed by atoms with E-state index in [0.717, 1.165) is 18.5 Å².